The number of hydrogen-bond acceptors (Lipinski definition) is 5. The van der Waals surface area contributed by atoms with E-state index in [-0.39, 0.29) is 17.5 Å². The number of nitrogens with zero attached hydrogens (tertiary/aromatic N) is 4. The summed E-state index contributed by atoms with van der Waals surface area (Å²) in [6, 6.07) is 0.153. The third kappa shape index (κ3) is 3.61. The van der Waals surface area contributed by atoms with E-state index in [1.807, 2.05) is 0 Å². The minimum atomic E-state index is -0.844. The van der Waals surface area contributed by atoms with E-state index in [0.29, 0.717) is 24.1 Å². The van der Waals surface area contributed by atoms with Crippen molar-refractivity contribution in [1.29, 1.82) is 0 Å². The number of rotatable bonds is 1. The molecule has 1 N–H and O–H groups in total. The van der Waals surface area contributed by atoms with Gasteiger partial charge in [0, 0.05) is 25.2 Å². The fraction of sp³-hybridized carbons (Fsp3) is 0.706. The number of carboxylic acid groups (broad SMARTS) is 1. The van der Waals surface area contributed by atoms with Crippen LogP contribution in [0.3, 0.4) is 0 Å². The van der Waals surface area contributed by atoms with E-state index in [4.69, 9.17) is 16.3 Å². The molecule has 1 saturated heterocycles. The van der Waals surface area contributed by atoms with Crippen molar-refractivity contribution in [2.24, 2.45) is 5.41 Å². The van der Waals surface area contributed by atoms with Crippen molar-refractivity contribution in [3.63, 3.8) is 0 Å². The number of hydrogen-bond donors (Lipinski definition) is 1. The molecule has 7 nitrogen and oxygen atoms in total. The van der Waals surface area contributed by atoms with Crippen LogP contribution in [-0.4, -0.2) is 57.8 Å². The van der Waals surface area contributed by atoms with Crippen LogP contribution < -0.4 is 9.64 Å². The van der Waals surface area contributed by atoms with Crippen LogP contribution in [0.4, 0.5) is 10.6 Å². The first-order valence-corrected chi connectivity index (χ1v) is 9.06. The molecule has 3 rings (SSSR count). The number of piperidine rings is 1. The van der Waals surface area contributed by atoms with Gasteiger partial charge in [-0.1, -0.05) is 32.4 Å². The second kappa shape index (κ2) is 6.86. The lowest BCUT2D eigenvalue weighted by Gasteiger charge is -2.47. The molecular formula is C17H25ClN4O3. The van der Waals surface area contributed by atoms with Crippen molar-refractivity contribution in [2.75, 3.05) is 24.6 Å². The highest BCUT2D eigenvalue weighted by Gasteiger charge is 2.41. The topological polar surface area (TPSA) is 78.8 Å². The quantitative estimate of drug-likeness (QED) is 0.766. The maximum atomic E-state index is 11.6. The Labute approximate surface area is 152 Å². The number of ether oxygens (including phenoxy) is 1. The van der Waals surface area contributed by atoms with Crippen molar-refractivity contribution in [1.82, 2.24) is 14.9 Å². The fourth-order valence-corrected chi connectivity index (χ4v) is 4.01. The van der Waals surface area contributed by atoms with Crippen molar-refractivity contribution >= 4 is 23.5 Å². The number of aromatic nitrogens is 2. The summed E-state index contributed by atoms with van der Waals surface area (Å²) in [6.45, 7) is 8.19. The van der Waals surface area contributed by atoms with E-state index in [1.165, 1.54) is 6.33 Å². The van der Waals surface area contributed by atoms with Gasteiger partial charge in [0.2, 0.25) is 0 Å². The smallest absolute Gasteiger partial charge is 0.407 e. The number of likely N-dealkylation sites (tertiary alicyclic amines) is 1. The zero-order valence-electron chi connectivity index (χ0n) is 14.9. The van der Waals surface area contributed by atoms with Crippen LogP contribution in [0.25, 0.3) is 0 Å². The van der Waals surface area contributed by atoms with Crippen LogP contribution in [0.5, 0.6) is 5.75 Å². The summed E-state index contributed by atoms with van der Waals surface area (Å²) in [5.41, 5.74) is -0.133. The molecule has 0 bridgehead atoms. The van der Waals surface area contributed by atoms with Gasteiger partial charge in [-0.3, -0.25) is 0 Å². The Balaban J connectivity index is 1.90. The van der Waals surface area contributed by atoms with E-state index in [1.54, 1.807) is 4.90 Å². The highest BCUT2D eigenvalue weighted by atomic mass is 35.5. The predicted octanol–water partition coefficient (Wildman–Crippen LogP) is 3.28. The average Bonchev–Trinajstić information content (AvgIpc) is 2.77. The number of halogens is 1. The Kier molecular flexibility index (Phi) is 4.95. The molecule has 1 fully saturated rings. The molecule has 3 heterocycles. The van der Waals surface area contributed by atoms with Gasteiger partial charge in [0.15, 0.2) is 16.7 Å². The van der Waals surface area contributed by atoms with Gasteiger partial charge in [-0.2, -0.15) is 0 Å². The summed E-state index contributed by atoms with van der Waals surface area (Å²) in [5.74, 6) is 1.26. The predicted molar refractivity (Wildman–Crippen MR) is 95.5 cm³/mol. The molecule has 0 aliphatic carbocycles. The number of anilines is 1. The van der Waals surface area contributed by atoms with Crippen LogP contribution in [0.15, 0.2) is 6.33 Å². The molecule has 0 radical (unpaired) electrons. The lowest BCUT2D eigenvalue weighted by Crippen LogP contribution is -2.56. The largest absolute Gasteiger partial charge is 0.487 e. The monoisotopic (exact) mass is 368 g/mol. The minimum absolute atomic E-state index is 0.0475. The highest BCUT2D eigenvalue weighted by molar-refractivity contribution is 6.31. The minimum Gasteiger partial charge on any atom is -0.487 e. The Hall–Kier alpha value is -1.76. The van der Waals surface area contributed by atoms with Crippen LogP contribution >= 0.6 is 11.6 Å². The van der Waals surface area contributed by atoms with Gasteiger partial charge in [-0.05, 0) is 24.7 Å². The molecule has 8 heteroatoms. The number of amides is 1. The molecule has 2 aliphatic heterocycles. The Morgan fingerprint density at radius 1 is 1.36 bits per heavy atom. The summed E-state index contributed by atoms with van der Waals surface area (Å²) in [6.07, 6.45) is 3.00. The number of fused-ring (bicyclic) bond motifs is 1. The van der Waals surface area contributed by atoms with Crippen molar-refractivity contribution in [3.8, 4) is 5.75 Å². The number of carbonyl (C=O) groups is 1. The second-order valence-electron chi connectivity index (χ2n) is 7.75. The summed E-state index contributed by atoms with van der Waals surface area (Å²) in [7, 11) is 0. The molecule has 2 atom stereocenters. The highest BCUT2D eigenvalue weighted by Crippen LogP contribution is 2.39. The van der Waals surface area contributed by atoms with Crippen molar-refractivity contribution < 1.29 is 14.6 Å². The van der Waals surface area contributed by atoms with Gasteiger partial charge < -0.3 is 19.6 Å². The normalized spacial score (nSPS) is 24.3. The van der Waals surface area contributed by atoms with E-state index in [0.717, 1.165) is 31.6 Å². The van der Waals surface area contributed by atoms with Gasteiger partial charge in [-0.15, -0.1) is 0 Å². The fourth-order valence-electron chi connectivity index (χ4n) is 3.82. The zero-order valence-corrected chi connectivity index (χ0v) is 15.7. The van der Waals surface area contributed by atoms with Gasteiger partial charge in [0.25, 0.3) is 0 Å². The van der Waals surface area contributed by atoms with E-state index in [2.05, 4.69) is 35.6 Å². The first kappa shape index (κ1) is 18.0. The molecule has 0 saturated carbocycles. The van der Waals surface area contributed by atoms with E-state index in [9.17, 15) is 9.90 Å². The maximum absolute atomic E-state index is 11.6. The molecule has 2 unspecified atom stereocenters. The van der Waals surface area contributed by atoms with E-state index < -0.39 is 6.09 Å². The zero-order chi connectivity index (χ0) is 18.2. The summed E-state index contributed by atoms with van der Waals surface area (Å²) < 4.78 is 5.75. The first-order chi connectivity index (χ1) is 11.8. The molecule has 1 amide bonds. The molecule has 0 spiro atoms. The summed E-state index contributed by atoms with van der Waals surface area (Å²) in [4.78, 5) is 23.9. The molecule has 138 valence electrons. The van der Waals surface area contributed by atoms with Crippen LogP contribution in [0, 0.1) is 5.41 Å². The third-order valence-corrected chi connectivity index (χ3v) is 5.33. The Morgan fingerprint density at radius 3 is 2.80 bits per heavy atom. The lowest BCUT2D eigenvalue weighted by atomic mass is 9.79. The molecule has 2 aliphatic rings. The van der Waals surface area contributed by atoms with Gasteiger partial charge in [0.05, 0.1) is 6.61 Å². The molecule has 1 aromatic rings. The first-order valence-electron chi connectivity index (χ1n) is 8.68. The SMILES string of the molecule is CC(C)(C)C1CC(N2CCCOc3c(Cl)ncnc32)CCN1C(=O)O. The third-order valence-electron chi connectivity index (χ3n) is 5.06. The van der Waals surface area contributed by atoms with Crippen LogP contribution in [-0.2, 0) is 0 Å². The van der Waals surface area contributed by atoms with Crippen LogP contribution in [0.1, 0.15) is 40.0 Å². The van der Waals surface area contributed by atoms with Gasteiger partial charge >= 0.3 is 6.09 Å². The lowest BCUT2D eigenvalue weighted by molar-refractivity contribution is 0.0522. The van der Waals surface area contributed by atoms with E-state index >= 15 is 0 Å². The van der Waals surface area contributed by atoms with Crippen molar-refractivity contribution in [3.05, 3.63) is 11.5 Å². The van der Waals surface area contributed by atoms with Gasteiger partial charge in [0.1, 0.15) is 6.33 Å². The summed E-state index contributed by atoms with van der Waals surface area (Å²) in [5, 5.41) is 9.89. The molecule has 0 aromatic carbocycles. The Morgan fingerprint density at radius 2 is 2.12 bits per heavy atom. The van der Waals surface area contributed by atoms with Gasteiger partial charge in [-0.25, -0.2) is 14.8 Å². The van der Waals surface area contributed by atoms with Crippen molar-refractivity contribution in [2.45, 2.75) is 52.1 Å². The summed E-state index contributed by atoms with van der Waals surface area (Å²) >= 11 is 6.20. The average molecular weight is 369 g/mol. The molecule has 25 heavy (non-hydrogen) atoms. The molecule has 1 aromatic heterocycles. The Bertz CT molecular complexity index is 649. The van der Waals surface area contributed by atoms with Crippen LogP contribution in [0.2, 0.25) is 5.15 Å². The maximum Gasteiger partial charge on any atom is 0.407 e. The second-order valence-corrected chi connectivity index (χ2v) is 8.11. The standard InChI is InChI=1S/C17H25ClN4O3/c1-17(2,3)12-9-11(5-7-22(12)16(23)24)21-6-4-8-25-13-14(18)19-10-20-15(13)21/h10-12H,4-9H2,1-3H3,(H,23,24). The molecular weight excluding hydrogens is 344 g/mol.